The van der Waals surface area contributed by atoms with Gasteiger partial charge in [-0.25, -0.2) is 14.2 Å². The van der Waals surface area contributed by atoms with Crippen LogP contribution in [0.5, 0.6) is 0 Å². The molecule has 5 rings (SSSR count). The minimum atomic E-state index is -0.800. The molecular formula is C25H31FN6O2. The van der Waals surface area contributed by atoms with Crippen LogP contribution >= 0.6 is 0 Å². The van der Waals surface area contributed by atoms with Crippen molar-refractivity contribution in [1.82, 2.24) is 24.6 Å². The number of alkyl halides is 1. The average Bonchev–Trinajstić information content (AvgIpc) is 3.47. The number of halogens is 1. The predicted octanol–water partition coefficient (Wildman–Crippen LogP) is 4.61. The van der Waals surface area contributed by atoms with Gasteiger partial charge >= 0.3 is 6.09 Å². The van der Waals surface area contributed by atoms with E-state index < -0.39 is 11.8 Å². The van der Waals surface area contributed by atoms with Crippen molar-refractivity contribution in [3.05, 3.63) is 36.8 Å². The van der Waals surface area contributed by atoms with Crippen LogP contribution < -0.4 is 4.90 Å². The second-order valence-electron chi connectivity index (χ2n) is 10.1. The van der Waals surface area contributed by atoms with Gasteiger partial charge in [0.1, 0.15) is 17.6 Å². The van der Waals surface area contributed by atoms with Crippen molar-refractivity contribution >= 4 is 22.9 Å². The molecule has 0 aliphatic carbocycles. The molecule has 0 aromatic carbocycles. The maximum Gasteiger partial charge on any atom is 0.410 e. The van der Waals surface area contributed by atoms with Crippen LogP contribution in [0.15, 0.2) is 36.8 Å². The molecule has 2 saturated heterocycles. The molecule has 0 N–H and O–H groups in total. The summed E-state index contributed by atoms with van der Waals surface area (Å²) in [4.78, 5) is 25.4. The van der Waals surface area contributed by atoms with Gasteiger partial charge in [0.05, 0.1) is 29.8 Å². The lowest BCUT2D eigenvalue weighted by atomic mass is 10.1. The lowest BCUT2D eigenvalue weighted by molar-refractivity contribution is 0.0185. The van der Waals surface area contributed by atoms with Crippen LogP contribution in [0.2, 0.25) is 0 Å². The summed E-state index contributed by atoms with van der Waals surface area (Å²) >= 11 is 0. The van der Waals surface area contributed by atoms with Crippen LogP contribution in [0, 0.1) is 0 Å². The summed E-state index contributed by atoms with van der Waals surface area (Å²) in [5.41, 5.74) is 3.03. The Hall–Kier alpha value is -3.23. The molecule has 180 valence electrons. The first-order valence-corrected chi connectivity index (χ1v) is 11.9. The number of likely N-dealkylation sites (tertiary alicyclic amines) is 1. The highest BCUT2D eigenvalue weighted by Crippen LogP contribution is 2.31. The van der Waals surface area contributed by atoms with E-state index in [1.54, 1.807) is 11.1 Å². The summed E-state index contributed by atoms with van der Waals surface area (Å²) in [5.74, 6) is 0.781. The Kier molecular flexibility index (Phi) is 5.87. The van der Waals surface area contributed by atoms with Gasteiger partial charge < -0.3 is 14.5 Å². The fraction of sp³-hybridized carbons (Fsp3) is 0.520. The number of piperidine rings is 1. The molecule has 1 unspecified atom stereocenters. The molecule has 8 nitrogen and oxygen atoms in total. The molecule has 1 atom stereocenters. The summed E-state index contributed by atoms with van der Waals surface area (Å²) in [5, 5.41) is 4.64. The SMILES string of the molecule is CC(C)(C)OC(=O)N1CCC(n2cc(-c3ccnc4ccc(N5CCC(F)C5)nc34)cn2)CC1. The van der Waals surface area contributed by atoms with Crippen LogP contribution in [-0.2, 0) is 4.74 Å². The van der Waals surface area contributed by atoms with Gasteiger partial charge in [-0.15, -0.1) is 0 Å². The normalized spacial score (nSPS) is 19.7. The Morgan fingerprint density at radius 1 is 1.12 bits per heavy atom. The number of carbonyl (C=O) groups excluding carboxylic acids is 1. The van der Waals surface area contributed by atoms with Gasteiger partial charge in [-0.2, -0.15) is 5.10 Å². The van der Waals surface area contributed by atoms with E-state index in [2.05, 4.69) is 10.1 Å². The van der Waals surface area contributed by atoms with E-state index in [0.29, 0.717) is 32.6 Å². The summed E-state index contributed by atoms with van der Waals surface area (Å²) in [7, 11) is 0. The molecule has 2 aliphatic heterocycles. The first-order valence-electron chi connectivity index (χ1n) is 11.9. The molecule has 0 saturated carbocycles. The zero-order valence-electron chi connectivity index (χ0n) is 19.9. The summed E-state index contributed by atoms with van der Waals surface area (Å²) in [6.07, 6.45) is 6.81. The maximum atomic E-state index is 13.7. The van der Waals surface area contributed by atoms with E-state index in [1.165, 1.54) is 0 Å². The molecule has 0 radical (unpaired) electrons. The van der Waals surface area contributed by atoms with E-state index in [0.717, 1.165) is 40.8 Å². The number of nitrogens with zero attached hydrogens (tertiary/aromatic N) is 6. The number of pyridine rings is 2. The number of carbonyl (C=O) groups is 1. The van der Waals surface area contributed by atoms with Gasteiger partial charge in [-0.05, 0) is 58.2 Å². The quantitative estimate of drug-likeness (QED) is 0.561. The second kappa shape index (κ2) is 8.85. The molecule has 2 fully saturated rings. The van der Waals surface area contributed by atoms with Gasteiger partial charge in [-0.1, -0.05) is 0 Å². The zero-order chi connectivity index (χ0) is 23.9. The Morgan fingerprint density at radius 2 is 1.91 bits per heavy atom. The van der Waals surface area contributed by atoms with E-state index in [1.807, 2.05) is 60.9 Å². The lowest BCUT2D eigenvalue weighted by Crippen LogP contribution is -2.42. The van der Waals surface area contributed by atoms with E-state index in [-0.39, 0.29) is 12.1 Å². The Bertz CT molecular complexity index is 1180. The molecule has 1 amide bonds. The third-order valence-corrected chi connectivity index (χ3v) is 6.43. The van der Waals surface area contributed by atoms with Crippen LogP contribution in [0.3, 0.4) is 0 Å². The topological polar surface area (TPSA) is 76.4 Å². The monoisotopic (exact) mass is 466 g/mol. The smallest absolute Gasteiger partial charge is 0.410 e. The molecule has 34 heavy (non-hydrogen) atoms. The van der Waals surface area contributed by atoms with Gasteiger partial charge in [0.15, 0.2) is 0 Å². The maximum absolute atomic E-state index is 13.7. The third-order valence-electron chi connectivity index (χ3n) is 6.43. The molecule has 5 heterocycles. The number of aromatic nitrogens is 4. The van der Waals surface area contributed by atoms with Crippen molar-refractivity contribution in [3.63, 3.8) is 0 Å². The standard InChI is InChI=1S/C25H31FN6O2/c1-25(2,3)34-24(33)30-12-8-19(9-13-30)32-15-17(14-28-32)20-6-10-27-21-4-5-22(29-23(20)21)31-11-7-18(26)16-31/h4-6,10,14-15,18-19H,7-9,11-13,16H2,1-3H3. The lowest BCUT2D eigenvalue weighted by Gasteiger charge is -2.33. The number of amides is 1. The van der Waals surface area contributed by atoms with Gasteiger partial charge in [0.2, 0.25) is 0 Å². The first kappa shape index (κ1) is 22.6. The van der Waals surface area contributed by atoms with Crippen molar-refractivity contribution < 1.29 is 13.9 Å². The highest BCUT2D eigenvalue weighted by Gasteiger charge is 2.28. The highest BCUT2D eigenvalue weighted by atomic mass is 19.1. The van der Waals surface area contributed by atoms with Crippen molar-refractivity contribution in [1.29, 1.82) is 0 Å². The molecule has 3 aromatic rings. The number of rotatable bonds is 3. The Balaban J connectivity index is 1.33. The number of hydrogen-bond acceptors (Lipinski definition) is 6. The average molecular weight is 467 g/mol. The van der Waals surface area contributed by atoms with Gasteiger partial charge in [0.25, 0.3) is 0 Å². The molecule has 0 spiro atoms. The van der Waals surface area contributed by atoms with Crippen molar-refractivity contribution in [2.75, 3.05) is 31.1 Å². The summed E-state index contributed by atoms with van der Waals surface area (Å²) in [6.45, 7) is 7.99. The summed E-state index contributed by atoms with van der Waals surface area (Å²) < 4.78 is 21.2. The molecular weight excluding hydrogens is 435 g/mol. The Morgan fingerprint density at radius 3 is 2.62 bits per heavy atom. The van der Waals surface area contributed by atoms with Gasteiger partial charge in [0, 0.05) is 43.2 Å². The third kappa shape index (κ3) is 4.69. The van der Waals surface area contributed by atoms with E-state index >= 15 is 0 Å². The fourth-order valence-corrected chi connectivity index (χ4v) is 4.67. The largest absolute Gasteiger partial charge is 0.444 e. The first-order chi connectivity index (χ1) is 16.3. The second-order valence-corrected chi connectivity index (χ2v) is 10.1. The number of fused-ring (bicyclic) bond motifs is 1. The van der Waals surface area contributed by atoms with Crippen LogP contribution in [-0.4, -0.2) is 68.7 Å². The molecule has 3 aromatic heterocycles. The minimum absolute atomic E-state index is 0.218. The van der Waals surface area contributed by atoms with Crippen LogP contribution in [0.25, 0.3) is 22.2 Å². The minimum Gasteiger partial charge on any atom is -0.444 e. The molecule has 0 bridgehead atoms. The Labute approximate surface area is 198 Å². The zero-order valence-corrected chi connectivity index (χ0v) is 19.9. The highest BCUT2D eigenvalue weighted by molar-refractivity contribution is 5.91. The van der Waals surface area contributed by atoms with E-state index in [9.17, 15) is 9.18 Å². The number of ether oxygens (including phenoxy) is 1. The fourth-order valence-electron chi connectivity index (χ4n) is 4.67. The molecule has 9 heteroatoms. The predicted molar refractivity (Wildman–Crippen MR) is 129 cm³/mol. The number of anilines is 1. The van der Waals surface area contributed by atoms with Crippen molar-refractivity contribution in [2.24, 2.45) is 0 Å². The van der Waals surface area contributed by atoms with Crippen molar-refractivity contribution in [2.45, 2.75) is 57.8 Å². The van der Waals surface area contributed by atoms with Crippen LogP contribution in [0.1, 0.15) is 46.1 Å². The van der Waals surface area contributed by atoms with Gasteiger partial charge in [-0.3, -0.25) is 9.67 Å². The number of hydrogen-bond donors (Lipinski definition) is 0. The summed E-state index contributed by atoms with van der Waals surface area (Å²) in [6, 6.07) is 6.03. The van der Waals surface area contributed by atoms with Crippen LogP contribution in [0.4, 0.5) is 15.0 Å². The van der Waals surface area contributed by atoms with E-state index in [4.69, 9.17) is 9.72 Å². The molecule has 2 aliphatic rings. The van der Waals surface area contributed by atoms with Crippen molar-refractivity contribution in [3.8, 4) is 11.1 Å².